The van der Waals surface area contributed by atoms with Gasteiger partial charge in [-0.15, -0.1) is 0 Å². The van der Waals surface area contributed by atoms with E-state index in [4.69, 9.17) is 11.6 Å². The molecule has 0 saturated heterocycles. The lowest BCUT2D eigenvalue weighted by Crippen LogP contribution is -2.23. The molecule has 0 bridgehead atoms. The molecule has 0 aliphatic rings. The summed E-state index contributed by atoms with van der Waals surface area (Å²) in [5.74, 6) is 6.52. The molecule has 3 aromatic rings. The second-order valence-corrected chi connectivity index (χ2v) is 6.36. The molecule has 0 radical (unpaired) electrons. The number of halogens is 1. The lowest BCUT2D eigenvalue weighted by Gasteiger charge is -2.20. The third-order valence-corrected chi connectivity index (χ3v) is 4.13. The van der Waals surface area contributed by atoms with Gasteiger partial charge in [0.2, 0.25) is 0 Å². The highest BCUT2D eigenvalue weighted by molar-refractivity contribution is 6.30. The molecule has 3 aromatic carbocycles. The van der Waals surface area contributed by atoms with Crippen LogP contribution >= 0.6 is 11.6 Å². The fraction of sp³-hybridized carbons (Fsp3) is 0.130. The molecule has 3 rings (SSSR count). The van der Waals surface area contributed by atoms with Crippen LogP contribution in [-0.4, -0.2) is 11.4 Å². The van der Waals surface area contributed by atoms with Crippen molar-refractivity contribution < 1.29 is 0 Å². The average molecular weight is 346 g/mol. The van der Waals surface area contributed by atoms with E-state index in [1.807, 2.05) is 36.4 Å². The zero-order valence-corrected chi connectivity index (χ0v) is 14.8. The highest BCUT2D eigenvalue weighted by atomic mass is 35.5. The van der Waals surface area contributed by atoms with Crippen LogP contribution in [0.25, 0.3) is 0 Å². The van der Waals surface area contributed by atoms with Gasteiger partial charge in [0, 0.05) is 23.7 Å². The monoisotopic (exact) mass is 345 g/mol. The molecule has 0 heterocycles. The maximum Gasteiger partial charge on any atom is 0.0611 e. The Morgan fingerprint density at radius 2 is 1.20 bits per heavy atom. The van der Waals surface area contributed by atoms with Crippen LogP contribution in [0.2, 0.25) is 5.02 Å². The summed E-state index contributed by atoms with van der Waals surface area (Å²) in [5.41, 5.74) is 3.59. The van der Waals surface area contributed by atoms with E-state index in [-0.39, 0.29) is 0 Å². The van der Waals surface area contributed by atoms with Gasteiger partial charge >= 0.3 is 0 Å². The molecular formula is C23H20ClN. The van der Waals surface area contributed by atoms with E-state index in [1.54, 1.807) is 0 Å². The van der Waals surface area contributed by atoms with Gasteiger partial charge in [0.05, 0.1) is 6.54 Å². The first-order chi connectivity index (χ1) is 12.3. The Bertz CT molecular complexity index is 789. The largest absolute Gasteiger partial charge is 0.284 e. The Labute approximate surface area is 154 Å². The standard InChI is InChI=1S/C23H20ClN/c24-23-15-13-20(14-16-23)12-7-17-25(18-21-8-3-1-4-9-21)19-22-10-5-2-6-11-22/h1-6,8-11,13-16H,17-19H2. The predicted octanol–water partition coefficient (Wildman–Crippen LogP) is 5.39. The maximum absolute atomic E-state index is 5.92. The van der Waals surface area contributed by atoms with Crippen LogP contribution in [0, 0.1) is 11.8 Å². The van der Waals surface area contributed by atoms with Crippen molar-refractivity contribution in [2.24, 2.45) is 0 Å². The first-order valence-corrected chi connectivity index (χ1v) is 8.72. The minimum Gasteiger partial charge on any atom is -0.284 e. The number of nitrogens with zero attached hydrogens (tertiary/aromatic N) is 1. The van der Waals surface area contributed by atoms with E-state index in [0.29, 0.717) is 6.54 Å². The number of benzene rings is 3. The van der Waals surface area contributed by atoms with Gasteiger partial charge in [0.1, 0.15) is 0 Å². The van der Waals surface area contributed by atoms with E-state index in [0.717, 1.165) is 23.7 Å². The summed E-state index contributed by atoms with van der Waals surface area (Å²) >= 11 is 5.92. The molecule has 0 amide bonds. The highest BCUT2D eigenvalue weighted by Gasteiger charge is 2.05. The summed E-state index contributed by atoms with van der Waals surface area (Å²) in [4.78, 5) is 2.35. The Hall–Kier alpha value is -2.53. The minimum atomic E-state index is 0.715. The second-order valence-electron chi connectivity index (χ2n) is 5.93. The van der Waals surface area contributed by atoms with Crippen molar-refractivity contribution >= 4 is 11.6 Å². The van der Waals surface area contributed by atoms with Crippen LogP contribution in [0.15, 0.2) is 84.9 Å². The Morgan fingerprint density at radius 1 is 0.680 bits per heavy atom. The zero-order chi connectivity index (χ0) is 17.3. The topological polar surface area (TPSA) is 3.24 Å². The second kappa shape index (κ2) is 9.08. The first-order valence-electron chi connectivity index (χ1n) is 8.34. The molecule has 1 nitrogen and oxygen atoms in total. The quantitative estimate of drug-likeness (QED) is 0.560. The maximum atomic E-state index is 5.92. The minimum absolute atomic E-state index is 0.715. The fourth-order valence-electron chi connectivity index (χ4n) is 2.64. The van der Waals surface area contributed by atoms with Gasteiger partial charge in [-0.1, -0.05) is 84.1 Å². The third kappa shape index (κ3) is 5.80. The molecule has 0 fully saturated rings. The van der Waals surface area contributed by atoms with E-state index in [1.165, 1.54) is 11.1 Å². The normalized spacial score (nSPS) is 10.3. The average Bonchev–Trinajstić information content (AvgIpc) is 2.65. The zero-order valence-electron chi connectivity index (χ0n) is 14.0. The molecule has 0 unspecified atom stereocenters. The van der Waals surface area contributed by atoms with Crippen LogP contribution in [-0.2, 0) is 13.1 Å². The van der Waals surface area contributed by atoms with E-state index >= 15 is 0 Å². The van der Waals surface area contributed by atoms with E-state index in [9.17, 15) is 0 Å². The van der Waals surface area contributed by atoms with Gasteiger partial charge in [-0.05, 0) is 35.4 Å². The molecule has 0 aliphatic heterocycles. The van der Waals surface area contributed by atoms with Gasteiger partial charge in [0.25, 0.3) is 0 Å². The summed E-state index contributed by atoms with van der Waals surface area (Å²) in [6.45, 7) is 2.47. The smallest absolute Gasteiger partial charge is 0.0611 e. The fourth-order valence-corrected chi connectivity index (χ4v) is 2.76. The predicted molar refractivity (Wildman–Crippen MR) is 105 cm³/mol. The van der Waals surface area contributed by atoms with Crippen molar-refractivity contribution in [1.82, 2.24) is 4.90 Å². The third-order valence-electron chi connectivity index (χ3n) is 3.88. The molecule has 0 spiro atoms. The summed E-state index contributed by atoms with van der Waals surface area (Å²) in [6.07, 6.45) is 0. The lowest BCUT2D eigenvalue weighted by atomic mass is 10.1. The van der Waals surface area contributed by atoms with Gasteiger partial charge in [-0.2, -0.15) is 0 Å². The van der Waals surface area contributed by atoms with Gasteiger partial charge < -0.3 is 0 Å². The number of hydrogen-bond donors (Lipinski definition) is 0. The van der Waals surface area contributed by atoms with Crippen LogP contribution in [0.4, 0.5) is 0 Å². The van der Waals surface area contributed by atoms with Crippen molar-refractivity contribution in [3.8, 4) is 11.8 Å². The molecule has 0 atom stereocenters. The lowest BCUT2D eigenvalue weighted by molar-refractivity contribution is 0.290. The van der Waals surface area contributed by atoms with Crippen LogP contribution in [0.3, 0.4) is 0 Å². The SMILES string of the molecule is Clc1ccc(C#CCN(Cc2ccccc2)Cc2ccccc2)cc1. The van der Waals surface area contributed by atoms with E-state index < -0.39 is 0 Å². The summed E-state index contributed by atoms with van der Waals surface area (Å²) < 4.78 is 0. The summed E-state index contributed by atoms with van der Waals surface area (Å²) in [6, 6.07) is 28.7. The summed E-state index contributed by atoms with van der Waals surface area (Å²) in [7, 11) is 0. The van der Waals surface area contributed by atoms with Crippen LogP contribution in [0.1, 0.15) is 16.7 Å². The number of hydrogen-bond acceptors (Lipinski definition) is 1. The van der Waals surface area contributed by atoms with Crippen molar-refractivity contribution in [2.45, 2.75) is 13.1 Å². The highest BCUT2D eigenvalue weighted by Crippen LogP contribution is 2.10. The van der Waals surface area contributed by atoms with Gasteiger partial charge in [-0.3, -0.25) is 4.90 Å². The molecular weight excluding hydrogens is 326 g/mol. The van der Waals surface area contributed by atoms with Gasteiger partial charge in [-0.25, -0.2) is 0 Å². The Morgan fingerprint density at radius 3 is 1.72 bits per heavy atom. The molecule has 0 saturated carbocycles. The summed E-state index contributed by atoms with van der Waals surface area (Å²) in [5, 5.41) is 0.736. The first kappa shape index (κ1) is 17.3. The molecule has 124 valence electrons. The van der Waals surface area contributed by atoms with Crippen molar-refractivity contribution in [1.29, 1.82) is 0 Å². The van der Waals surface area contributed by atoms with Crippen LogP contribution in [0.5, 0.6) is 0 Å². The van der Waals surface area contributed by atoms with Crippen molar-refractivity contribution in [2.75, 3.05) is 6.54 Å². The molecule has 0 aliphatic carbocycles. The van der Waals surface area contributed by atoms with E-state index in [2.05, 4.69) is 65.3 Å². The van der Waals surface area contributed by atoms with Crippen molar-refractivity contribution in [3.63, 3.8) is 0 Å². The van der Waals surface area contributed by atoms with Crippen LogP contribution < -0.4 is 0 Å². The molecule has 0 N–H and O–H groups in total. The number of rotatable bonds is 5. The molecule has 25 heavy (non-hydrogen) atoms. The molecule has 0 aromatic heterocycles. The Balaban J connectivity index is 1.70. The Kier molecular flexibility index (Phi) is 6.29. The molecule has 2 heteroatoms. The van der Waals surface area contributed by atoms with Crippen molar-refractivity contribution in [3.05, 3.63) is 107 Å². The van der Waals surface area contributed by atoms with Gasteiger partial charge in [0.15, 0.2) is 0 Å².